The van der Waals surface area contributed by atoms with Crippen LogP contribution in [0.2, 0.25) is 0 Å². The molecule has 0 aromatic carbocycles. The van der Waals surface area contributed by atoms with E-state index in [0.29, 0.717) is 12.0 Å². The average molecular weight is 265 g/mol. The molecule has 5 heteroatoms. The highest BCUT2D eigenvalue weighted by atomic mass is 15.2. The fourth-order valence-corrected chi connectivity index (χ4v) is 1.80. The zero-order valence-corrected chi connectivity index (χ0v) is 12.9. The van der Waals surface area contributed by atoms with Gasteiger partial charge in [0.05, 0.1) is 11.4 Å². The summed E-state index contributed by atoms with van der Waals surface area (Å²) in [6, 6.07) is 0.591. The van der Waals surface area contributed by atoms with Crippen molar-refractivity contribution >= 4 is 5.95 Å². The summed E-state index contributed by atoms with van der Waals surface area (Å²) in [6.07, 6.45) is 2.88. The van der Waals surface area contributed by atoms with Gasteiger partial charge < -0.3 is 10.2 Å². The molecule has 0 fully saturated rings. The van der Waals surface area contributed by atoms with Crippen LogP contribution in [0.15, 0.2) is 0 Å². The Morgan fingerprint density at radius 1 is 1.11 bits per heavy atom. The van der Waals surface area contributed by atoms with Crippen molar-refractivity contribution in [1.29, 1.82) is 0 Å². The van der Waals surface area contributed by atoms with Gasteiger partial charge in [-0.25, -0.2) is 4.98 Å². The van der Waals surface area contributed by atoms with E-state index in [4.69, 9.17) is 0 Å². The first-order valence-corrected chi connectivity index (χ1v) is 7.25. The molecule has 0 atom stereocenters. The second-order valence-corrected chi connectivity index (χ2v) is 5.09. The third-order valence-electron chi connectivity index (χ3n) is 3.36. The quantitative estimate of drug-likeness (QED) is 0.730. The van der Waals surface area contributed by atoms with Gasteiger partial charge in [-0.2, -0.15) is 5.10 Å². The molecule has 0 radical (unpaired) electrons. The van der Waals surface area contributed by atoms with Crippen molar-refractivity contribution in [3.63, 3.8) is 0 Å². The molecule has 0 spiro atoms. The van der Waals surface area contributed by atoms with Crippen molar-refractivity contribution in [2.24, 2.45) is 0 Å². The number of rotatable bonds is 8. The molecule has 0 aliphatic heterocycles. The van der Waals surface area contributed by atoms with Crippen LogP contribution in [0.1, 0.15) is 45.5 Å². The normalized spacial score (nSPS) is 11.3. The summed E-state index contributed by atoms with van der Waals surface area (Å²) >= 11 is 0. The fourth-order valence-electron chi connectivity index (χ4n) is 1.80. The Morgan fingerprint density at radius 3 is 2.37 bits per heavy atom. The van der Waals surface area contributed by atoms with Crippen LogP contribution in [0.4, 0.5) is 5.95 Å². The minimum atomic E-state index is 0.591. The predicted molar refractivity (Wildman–Crippen MR) is 79.5 cm³/mol. The Morgan fingerprint density at radius 2 is 1.79 bits per heavy atom. The Bertz CT molecular complexity index is 378. The van der Waals surface area contributed by atoms with Gasteiger partial charge in [0.2, 0.25) is 5.95 Å². The van der Waals surface area contributed by atoms with Crippen molar-refractivity contribution in [2.45, 2.75) is 53.0 Å². The van der Waals surface area contributed by atoms with Gasteiger partial charge in [0.15, 0.2) is 0 Å². The summed E-state index contributed by atoms with van der Waals surface area (Å²) < 4.78 is 0. The second kappa shape index (κ2) is 8.04. The highest BCUT2D eigenvalue weighted by Gasteiger charge is 2.06. The molecule has 1 N–H and O–H groups in total. The first-order valence-electron chi connectivity index (χ1n) is 7.25. The Labute approximate surface area is 116 Å². The fraction of sp³-hybridized carbons (Fsp3) is 0.786. The molecule has 108 valence electrons. The van der Waals surface area contributed by atoms with Crippen LogP contribution in [0.5, 0.6) is 0 Å². The van der Waals surface area contributed by atoms with Crippen LogP contribution in [0.25, 0.3) is 0 Å². The molecule has 0 aliphatic carbocycles. The number of aromatic nitrogens is 3. The molecule has 0 aliphatic rings. The van der Waals surface area contributed by atoms with Crippen molar-refractivity contribution < 1.29 is 0 Å². The molecule has 0 saturated heterocycles. The molecule has 1 rings (SSSR count). The summed E-state index contributed by atoms with van der Waals surface area (Å²) in [7, 11) is 2.15. The van der Waals surface area contributed by atoms with Crippen molar-refractivity contribution in [2.75, 3.05) is 25.5 Å². The predicted octanol–water partition coefficient (Wildman–Crippen LogP) is 2.14. The summed E-state index contributed by atoms with van der Waals surface area (Å²) in [5.41, 5.74) is 2.06. The number of aryl methyl sites for hydroxylation is 2. The Balaban J connectivity index is 2.41. The molecule has 1 heterocycles. The Kier molecular flexibility index (Phi) is 6.70. The van der Waals surface area contributed by atoms with E-state index in [-0.39, 0.29) is 0 Å². The molecule has 0 saturated carbocycles. The number of anilines is 1. The van der Waals surface area contributed by atoms with E-state index < -0.39 is 0 Å². The van der Waals surface area contributed by atoms with Gasteiger partial charge in [-0.1, -0.05) is 13.8 Å². The highest BCUT2D eigenvalue weighted by molar-refractivity contribution is 5.25. The maximum absolute atomic E-state index is 4.52. The van der Waals surface area contributed by atoms with Crippen LogP contribution in [0, 0.1) is 0 Å². The maximum atomic E-state index is 4.52. The first-order chi connectivity index (χ1) is 9.08. The third kappa shape index (κ3) is 5.11. The standard InChI is InChI=1S/C14H27N5/c1-6-12-13(7-2)17-18-14(16-12)15-9-8-10-19(5)11(3)4/h11H,6-10H2,1-5H3,(H,15,16,18). The number of nitrogens with zero attached hydrogens (tertiary/aromatic N) is 4. The lowest BCUT2D eigenvalue weighted by Gasteiger charge is -2.20. The van der Waals surface area contributed by atoms with E-state index in [1.165, 1.54) is 0 Å². The van der Waals surface area contributed by atoms with E-state index >= 15 is 0 Å². The summed E-state index contributed by atoms with van der Waals surface area (Å²) in [6.45, 7) is 10.6. The minimum Gasteiger partial charge on any atom is -0.353 e. The average Bonchev–Trinajstić information content (AvgIpc) is 2.42. The molecule has 1 aromatic rings. The van der Waals surface area contributed by atoms with Crippen molar-refractivity contribution in [1.82, 2.24) is 20.1 Å². The van der Waals surface area contributed by atoms with Crippen molar-refractivity contribution in [3.05, 3.63) is 11.4 Å². The number of nitrogens with one attached hydrogen (secondary N) is 1. The van der Waals surface area contributed by atoms with Gasteiger partial charge in [-0.3, -0.25) is 0 Å². The van der Waals surface area contributed by atoms with E-state index in [9.17, 15) is 0 Å². The van der Waals surface area contributed by atoms with Crippen LogP contribution in [-0.2, 0) is 12.8 Å². The zero-order valence-electron chi connectivity index (χ0n) is 12.9. The smallest absolute Gasteiger partial charge is 0.242 e. The SMILES string of the molecule is CCc1nnc(NCCCN(C)C(C)C)nc1CC. The summed E-state index contributed by atoms with van der Waals surface area (Å²) in [4.78, 5) is 6.85. The molecule has 0 bridgehead atoms. The van der Waals surface area contributed by atoms with E-state index in [2.05, 4.69) is 60.1 Å². The molecule has 19 heavy (non-hydrogen) atoms. The molecule has 0 amide bonds. The summed E-state index contributed by atoms with van der Waals surface area (Å²) in [5.74, 6) is 0.654. The van der Waals surface area contributed by atoms with Crippen molar-refractivity contribution in [3.8, 4) is 0 Å². The monoisotopic (exact) mass is 265 g/mol. The van der Waals surface area contributed by atoms with Crippen LogP contribution < -0.4 is 5.32 Å². The van der Waals surface area contributed by atoms with E-state index in [1.54, 1.807) is 0 Å². The van der Waals surface area contributed by atoms with E-state index in [0.717, 1.165) is 43.7 Å². The zero-order chi connectivity index (χ0) is 14.3. The lowest BCUT2D eigenvalue weighted by Crippen LogP contribution is -2.28. The van der Waals surface area contributed by atoms with E-state index in [1.807, 2.05) is 0 Å². The van der Waals surface area contributed by atoms with Gasteiger partial charge in [-0.05, 0) is 46.7 Å². The van der Waals surface area contributed by atoms with Crippen LogP contribution in [-0.4, -0.2) is 46.3 Å². The van der Waals surface area contributed by atoms with Gasteiger partial charge >= 0.3 is 0 Å². The minimum absolute atomic E-state index is 0.591. The van der Waals surface area contributed by atoms with Gasteiger partial charge in [0, 0.05) is 12.6 Å². The lowest BCUT2D eigenvalue weighted by atomic mass is 10.2. The molecule has 5 nitrogen and oxygen atoms in total. The molecular weight excluding hydrogens is 238 g/mol. The van der Waals surface area contributed by atoms with Crippen LogP contribution in [0.3, 0.4) is 0 Å². The third-order valence-corrected chi connectivity index (χ3v) is 3.36. The molecule has 1 aromatic heterocycles. The summed E-state index contributed by atoms with van der Waals surface area (Å²) in [5, 5.41) is 11.6. The number of hydrogen-bond donors (Lipinski definition) is 1. The first kappa shape index (κ1) is 15.8. The maximum Gasteiger partial charge on any atom is 0.242 e. The largest absolute Gasteiger partial charge is 0.353 e. The molecular formula is C14H27N5. The lowest BCUT2D eigenvalue weighted by molar-refractivity contribution is 0.273. The van der Waals surface area contributed by atoms with Gasteiger partial charge in [-0.15, -0.1) is 5.10 Å². The van der Waals surface area contributed by atoms with Crippen LogP contribution >= 0.6 is 0 Å². The highest BCUT2D eigenvalue weighted by Crippen LogP contribution is 2.06. The van der Waals surface area contributed by atoms with Gasteiger partial charge in [0.1, 0.15) is 0 Å². The van der Waals surface area contributed by atoms with Gasteiger partial charge in [0.25, 0.3) is 0 Å². The topological polar surface area (TPSA) is 53.9 Å². The molecule has 0 unspecified atom stereocenters. The Hall–Kier alpha value is -1.23. The number of hydrogen-bond acceptors (Lipinski definition) is 5. The second-order valence-electron chi connectivity index (χ2n) is 5.09.